The molecule has 5 saturated carbocycles. The minimum absolute atomic E-state index is 0.0456. The van der Waals surface area contributed by atoms with Crippen LogP contribution in [0.4, 0.5) is 13.2 Å². The number of carbonyl (C=O) groups is 2. The van der Waals surface area contributed by atoms with E-state index in [-0.39, 0.29) is 40.9 Å². The second kappa shape index (κ2) is 6.72. The zero-order valence-corrected chi connectivity index (χ0v) is 17.0. The molecule has 3 unspecified atom stereocenters. The van der Waals surface area contributed by atoms with Crippen LogP contribution in [0.3, 0.4) is 0 Å². The fourth-order valence-electron chi connectivity index (χ4n) is 6.73. The third kappa shape index (κ3) is 3.21. The normalized spacial score (nSPS) is 35.2. The Morgan fingerprint density at radius 1 is 1.17 bits per heavy atom. The maximum Gasteiger partial charge on any atom is 0.433 e. The molecule has 0 aliphatic heterocycles. The van der Waals surface area contributed by atoms with Crippen LogP contribution in [-0.2, 0) is 11.0 Å². The second-order valence-corrected chi connectivity index (χ2v) is 9.86. The summed E-state index contributed by atoms with van der Waals surface area (Å²) in [7, 11) is 0. The zero-order valence-electron chi connectivity index (χ0n) is 17.0. The highest BCUT2D eigenvalue weighted by molar-refractivity contribution is 5.95. The van der Waals surface area contributed by atoms with Gasteiger partial charge in [-0.3, -0.25) is 14.3 Å². The highest BCUT2D eigenvalue weighted by Gasteiger charge is 2.56. The molecule has 2 amide bonds. The van der Waals surface area contributed by atoms with Gasteiger partial charge < -0.3 is 10.6 Å². The molecule has 5 fully saturated rings. The lowest BCUT2D eigenvalue weighted by atomic mass is 9.51. The van der Waals surface area contributed by atoms with Crippen LogP contribution in [-0.4, -0.2) is 33.2 Å². The lowest BCUT2D eigenvalue weighted by Crippen LogP contribution is -2.66. The van der Waals surface area contributed by atoms with Crippen molar-refractivity contribution in [2.24, 2.45) is 17.8 Å². The fraction of sp³-hybridized carbons (Fsp3) is 0.762. The Kier molecular flexibility index (Phi) is 4.45. The van der Waals surface area contributed by atoms with Gasteiger partial charge in [-0.05, 0) is 69.1 Å². The van der Waals surface area contributed by atoms with Gasteiger partial charge in [-0.25, -0.2) is 0 Å². The van der Waals surface area contributed by atoms with Gasteiger partial charge in [0.2, 0.25) is 5.91 Å². The maximum atomic E-state index is 13.8. The minimum atomic E-state index is -4.63. The monoisotopic (exact) mass is 424 g/mol. The van der Waals surface area contributed by atoms with Gasteiger partial charge in [0.15, 0.2) is 5.69 Å². The van der Waals surface area contributed by atoms with E-state index in [1.807, 2.05) is 0 Å². The van der Waals surface area contributed by atoms with Crippen molar-refractivity contribution in [2.45, 2.75) is 82.1 Å². The average molecular weight is 424 g/mol. The number of rotatable bonds is 4. The smallest absolute Gasteiger partial charge is 0.351 e. The van der Waals surface area contributed by atoms with E-state index < -0.39 is 17.8 Å². The number of nitrogens with zero attached hydrogens (tertiary/aromatic N) is 2. The lowest BCUT2D eigenvalue weighted by molar-refractivity contribution is -0.146. The largest absolute Gasteiger partial charge is 0.433 e. The van der Waals surface area contributed by atoms with Crippen molar-refractivity contribution in [2.75, 3.05) is 0 Å². The molecular weight excluding hydrogens is 397 g/mol. The molecule has 6 nitrogen and oxygen atoms in total. The standard InChI is InChI=1S/C21H27F3N4O2/c1-11(29)27-20-7-12-5-13(8-20)17(14(6-12)9-20)26-19(30)16-10-25-28(15-3-2-4-15)18(16)21(22,23)24/h10,12-15,17H,2-9H2,1H3,(H,26,30)(H,27,29)/t12?,13-,14+,17?,20?. The van der Waals surface area contributed by atoms with Crippen LogP contribution >= 0.6 is 0 Å². The Labute approximate surface area is 173 Å². The first kappa shape index (κ1) is 19.9. The van der Waals surface area contributed by atoms with Gasteiger partial charge in [0.1, 0.15) is 0 Å². The van der Waals surface area contributed by atoms with E-state index in [1.165, 1.54) is 6.92 Å². The Hall–Kier alpha value is -2.06. The summed E-state index contributed by atoms with van der Waals surface area (Å²) >= 11 is 0. The van der Waals surface area contributed by atoms with E-state index in [0.29, 0.717) is 18.8 Å². The number of halogens is 3. The Bertz CT molecular complexity index is 860. The number of amides is 2. The van der Waals surface area contributed by atoms with Gasteiger partial charge in [-0.2, -0.15) is 18.3 Å². The summed E-state index contributed by atoms with van der Waals surface area (Å²) in [6, 6.07) is -0.425. The molecule has 2 N–H and O–H groups in total. The van der Waals surface area contributed by atoms with Crippen molar-refractivity contribution in [3.63, 3.8) is 0 Å². The van der Waals surface area contributed by atoms with Gasteiger partial charge in [0.05, 0.1) is 17.8 Å². The number of carbonyl (C=O) groups excluding carboxylic acids is 2. The van der Waals surface area contributed by atoms with Gasteiger partial charge in [-0.15, -0.1) is 0 Å². The van der Waals surface area contributed by atoms with Gasteiger partial charge >= 0.3 is 6.18 Å². The first-order valence-corrected chi connectivity index (χ1v) is 10.9. The molecule has 5 aliphatic carbocycles. The molecule has 0 saturated heterocycles. The molecule has 0 radical (unpaired) electrons. The van der Waals surface area contributed by atoms with Crippen LogP contribution in [0.25, 0.3) is 0 Å². The SMILES string of the molecule is CC(=O)NC12CC3C[C@H](C1)C(NC(=O)c1cnn(C4CCC4)c1C(F)(F)F)[C@@H](C3)C2. The molecule has 9 heteroatoms. The number of nitrogens with one attached hydrogen (secondary N) is 2. The van der Waals surface area contributed by atoms with E-state index in [9.17, 15) is 22.8 Å². The van der Waals surface area contributed by atoms with Crippen molar-refractivity contribution < 1.29 is 22.8 Å². The Morgan fingerprint density at radius 3 is 2.37 bits per heavy atom. The number of hydrogen-bond donors (Lipinski definition) is 2. The van der Waals surface area contributed by atoms with Crippen LogP contribution in [0.15, 0.2) is 6.20 Å². The van der Waals surface area contributed by atoms with Crippen LogP contribution in [0.1, 0.15) is 80.4 Å². The predicted molar refractivity (Wildman–Crippen MR) is 101 cm³/mol. The number of aromatic nitrogens is 2. The first-order chi connectivity index (χ1) is 14.2. The van der Waals surface area contributed by atoms with Crippen molar-refractivity contribution in [1.82, 2.24) is 20.4 Å². The fourth-order valence-corrected chi connectivity index (χ4v) is 6.73. The highest BCUT2D eigenvalue weighted by atomic mass is 19.4. The van der Waals surface area contributed by atoms with Gasteiger partial charge in [-0.1, -0.05) is 0 Å². The van der Waals surface area contributed by atoms with Crippen molar-refractivity contribution in [3.8, 4) is 0 Å². The summed E-state index contributed by atoms with van der Waals surface area (Å²) in [5.41, 5.74) is -1.52. The van der Waals surface area contributed by atoms with E-state index in [2.05, 4.69) is 15.7 Å². The summed E-state index contributed by atoms with van der Waals surface area (Å²) in [6.45, 7) is 1.52. The molecule has 5 aliphatic rings. The van der Waals surface area contributed by atoms with E-state index in [4.69, 9.17) is 0 Å². The third-order valence-electron chi connectivity index (χ3n) is 7.74. The maximum absolute atomic E-state index is 13.8. The second-order valence-electron chi connectivity index (χ2n) is 9.86. The van der Waals surface area contributed by atoms with E-state index in [0.717, 1.165) is 49.4 Å². The minimum Gasteiger partial charge on any atom is -0.351 e. The van der Waals surface area contributed by atoms with Crippen LogP contribution < -0.4 is 10.6 Å². The first-order valence-electron chi connectivity index (χ1n) is 10.9. The highest BCUT2D eigenvalue weighted by Crippen LogP contribution is 2.55. The van der Waals surface area contributed by atoms with Gasteiger partial charge in [0, 0.05) is 18.5 Å². The van der Waals surface area contributed by atoms with Crippen LogP contribution in [0.5, 0.6) is 0 Å². The average Bonchev–Trinajstić information content (AvgIpc) is 2.99. The molecule has 1 heterocycles. The summed E-state index contributed by atoms with van der Waals surface area (Å²) in [5.74, 6) is 0.149. The quantitative estimate of drug-likeness (QED) is 0.778. The molecule has 164 valence electrons. The summed E-state index contributed by atoms with van der Waals surface area (Å²) in [5, 5.41) is 10.0. The summed E-state index contributed by atoms with van der Waals surface area (Å²) in [6.07, 6.45) is 3.07. The molecule has 5 atom stereocenters. The molecule has 1 aromatic rings. The molecule has 1 aromatic heterocycles. The van der Waals surface area contributed by atoms with Crippen molar-refractivity contribution in [1.29, 1.82) is 0 Å². The molecule has 30 heavy (non-hydrogen) atoms. The Balaban J connectivity index is 1.37. The summed E-state index contributed by atoms with van der Waals surface area (Å²) < 4.78 is 42.3. The molecule has 0 spiro atoms. The number of hydrogen-bond acceptors (Lipinski definition) is 3. The lowest BCUT2D eigenvalue weighted by Gasteiger charge is -2.60. The van der Waals surface area contributed by atoms with Crippen LogP contribution in [0.2, 0.25) is 0 Å². The van der Waals surface area contributed by atoms with Crippen LogP contribution in [0, 0.1) is 17.8 Å². The third-order valence-corrected chi connectivity index (χ3v) is 7.74. The predicted octanol–water partition coefficient (Wildman–Crippen LogP) is 3.44. The van der Waals surface area contributed by atoms with Crippen molar-refractivity contribution in [3.05, 3.63) is 17.5 Å². The van der Waals surface area contributed by atoms with Crippen molar-refractivity contribution >= 4 is 11.8 Å². The van der Waals surface area contributed by atoms with E-state index >= 15 is 0 Å². The summed E-state index contributed by atoms with van der Waals surface area (Å²) in [4.78, 5) is 24.7. The molecule has 0 aromatic carbocycles. The molecular formula is C21H27F3N4O2. The molecule has 4 bridgehead atoms. The van der Waals surface area contributed by atoms with E-state index in [1.54, 1.807) is 0 Å². The zero-order chi connectivity index (χ0) is 21.3. The topological polar surface area (TPSA) is 76.0 Å². The van der Waals surface area contributed by atoms with Gasteiger partial charge in [0.25, 0.3) is 5.91 Å². The Morgan fingerprint density at radius 2 is 1.83 bits per heavy atom. The molecule has 6 rings (SSSR count). The number of alkyl halides is 3.